The third-order valence-corrected chi connectivity index (χ3v) is 4.84. The van der Waals surface area contributed by atoms with E-state index in [2.05, 4.69) is 13.8 Å². The second-order valence-corrected chi connectivity index (χ2v) is 7.62. The molecule has 6 nitrogen and oxygen atoms in total. The van der Waals surface area contributed by atoms with Crippen LogP contribution in [0.5, 0.6) is 5.75 Å². The summed E-state index contributed by atoms with van der Waals surface area (Å²) >= 11 is 0. The summed E-state index contributed by atoms with van der Waals surface area (Å²) in [6.45, 7) is 5.06. The Labute approximate surface area is 183 Å². The van der Waals surface area contributed by atoms with E-state index in [0.29, 0.717) is 12.5 Å². The molecule has 3 rings (SSSR count). The molecule has 1 heterocycles. The zero-order valence-corrected chi connectivity index (χ0v) is 18.5. The molecule has 0 bridgehead atoms. The van der Waals surface area contributed by atoms with E-state index in [9.17, 15) is 4.79 Å². The molecular formula is C25H29N3O3. The third-order valence-electron chi connectivity index (χ3n) is 4.84. The highest BCUT2D eigenvalue weighted by molar-refractivity contribution is 5.92. The summed E-state index contributed by atoms with van der Waals surface area (Å²) in [5.41, 5.74) is 3.49. The molecule has 1 aromatic heterocycles. The number of likely N-dealkylation sites (N-methyl/N-ethyl adjacent to an activating group) is 1. The van der Waals surface area contributed by atoms with Crippen molar-refractivity contribution in [1.29, 1.82) is 0 Å². The first-order chi connectivity index (χ1) is 15.0. The summed E-state index contributed by atoms with van der Waals surface area (Å²) < 4.78 is 7.64. The van der Waals surface area contributed by atoms with Crippen LogP contribution in [0, 0.1) is 5.92 Å². The number of carbonyl (C=O) groups is 1. The molecule has 0 spiro atoms. The van der Waals surface area contributed by atoms with Gasteiger partial charge in [0.15, 0.2) is 0 Å². The van der Waals surface area contributed by atoms with Gasteiger partial charge in [-0.3, -0.25) is 9.63 Å². The van der Waals surface area contributed by atoms with Crippen LogP contribution in [0.4, 0.5) is 0 Å². The van der Waals surface area contributed by atoms with Gasteiger partial charge in [0.1, 0.15) is 5.75 Å². The van der Waals surface area contributed by atoms with E-state index >= 15 is 0 Å². The number of hydrogen-bond donors (Lipinski definition) is 0. The zero-order chi connectivity index (χ0) is 22.2. The molecule has 0 fully saturated rings. The van der Waals surface area contributed by atoms with E-state index in [4.69, 9.17) is 14.7 Å². The van der Waals surface area contributed by atoms with Gasteiger partial charge in [0.2, 0.25) is 0 Å². The van der Waals surface area contributed by atoms with Crippen molar-refractivity contribution in [3.05, 3.63) is 72.4 Å². The van der Waals surface area contributed by atoms with Crippen LogP contribution in [0.25, 0.3) is 23.0 Å². The van der Waals surface area contributed by atoms with Crippen molar-refractivity contribution >= 4 is 12.0 Å². The number of benzene rings is 2. The molecule has 0 aliphatic rings. The van der Waals surface area contributed by atoms with Gasteiger partial charge in [0, 0.05) is 30.4 Å². The van der Waals surface area contributed by atoms with Crippen LogP contribution in [0.2, 0.25) is 0 Å². The van der Waals surface area contributed by atoms with Crippen molar-refractivity contribution in [2.45, 2.75) is 20.3 Å². The van der Waals surface area contributed by atoms with Gasteiger partial charge in [0.05, 0.1) is 25.1 Å². The predicted molar refractivity (Wildman–Crippen MR) is 123 cm³/mol. The van der Waals surface area contributed by atoms with Crippen LogP contribution in [0.3, 0.4) is 0 Å². The monoisotopic (exact) mass is 419 g/mol. The Kier molecular flexibility index (Phi) is 7.62. The van der Waals surface area contributed by atoms with Crippen molar-refractivity contribution in [3.63, 3.8) is 0 Å². The van der Waals surface area contributed by atoms with Crippen molar-refractivity contribution in [2.24, 2.45) is 5.92 Å². The van der Waals surface area contributed by atoms with Gasteiger partial charge in [0.25, 0.3) is 5.91 Å². The van der Waals surface area contributed by atoms with Crippen molar-refractivity contribution in [2.75, 3.05) is 20.8 Å². The Balaban J connectivity index is 1.89. The molecule has 0 N–H and O–H groups in total. The maximum atomic E-state index is 12.1. The van der Waals surface area contributed by atoms with Gasteiger partial charge in [-0.05, 0) is 54.8 Å². The minimum absolute atomic E-state index is 0.255. The molecule has 0 saturated heterocycles. The SMILES string of the molecule is CON(C)C(=O)/C=C/c1cn(-c2ccccc2)nc1-c1ccc(OCCC(C)C)cc1. The summed E-state index contributed by atoms with van der Waals surface area (Å²) in [5, 5.41) is 5.94. The average molecular weight is 420 g/mol. The number of carbonyl (C=O) groups excluding carboxylic acids is 1. The Hall–Kier alpha value is -3.38. The number of ether oxygens (including phenoxy) is 1. The molecule has 0 aliphatic carbocycles. The number of hydrogen-bond acceptors (Lipinski definition) is 4. The topological polar surface area (TPSA) is 56.6 Å². The Morgan fingerprint density at radius 2 is 1.84 bits per heavy atom. The third kappa shape index (κ3) is 6.06. The molecule has 0 radical (unpaired) electrons. The Morgan fingerprint density at radius 3 is 2.48 bits per heavy atom. The minimum atomic E-state index is -0.255. The van der Waals surface area contributed by atoms with Gasteiger partial charge in [-0.1, -0.05) is 32.0 Å². The molecule has 3 aromatic rings. The van der Waals surface area contributed by atoms with E-state index in [1.165, 1.54) is 18.2 Å². The highest BCUT2D eigenvalue weighted by Gasteiger charge is 2.12. The summed E-state index contributed by atoms with van der Waals surface area (Å²) in [5.74, 6) is 1.19. The summed E-state index contributed by atoms with van der Waals surface area (Å²) in [6, 6.07) is 17.7. The fourth-order valence-electron chi connectivity index (χ4n) is 2.92. The lowest BCUT2D eigenvalue weighted by Crippen LogP contribution is -2.22. The first-order valence-corrected chi connectivity index (χ1v) is 10.4. The van der Waals surface area contributed by atoms with E-state index in [1.54, 1.807) is 13.1 Å². The summed E-state index contributed by atoms with van der Waals surface area (Å²) in [7, 11) is 3.02. The van der Waals surface area contributed by atoms with Crippen LogP contribution in [-0.2, 0) is 9.63 Å². The number of rotatable bonds is 9. The van der Waals surface area contributed by atoms with Gasteiger partial charge >= 0.3 is 0 Å². The van der Waals surface area contributed by atoms with Crippen LogP contribution in [0.15, 0.2) is 66.9 Å². The molecular weight excluding hydrogens is 390 g/mol. The molecule has 0 saturated carbocycles. The van der Waals surface area contributed by atoms with Gasteiger partial charge in [-0.2, -0.15) is 5.10 Å². The van der Waals surface area contributed by atoms with Gasteiger partial charge < -0.3 is 4.74 Å². The highest BCUT2D eigenvalue weighted by atomic mass is 16.7. The molecule has 162 valence electrons. The van der Waals surface area contributed by atoms with Crippen LogP contribution in [0.1, 0.15) is 25.8 Å². The van der Waals surface area contributed by atoms with E-state index in [0.717, 1.165) is 34.7 Å². The Morgan fingerprint density at radius 1 is 1.13 bits per heavy atom. The molecule has 2 aromatic carbocycles. The maximum Gasteiger partial charge on any atom is 0.269 e. The quantitative estimate of drug-likeness (QED) is 0.362. The first kappa shape index (κ1) is 22.3. The van der Waals surface area contributed by atoms with E-state index < -0.39 is 0 Å². The second kappa shape index (κ2) is 10.6. The largest absolute Gasteiger partial charge is 0.494 e. The molecule has 0 atom stereocenters. The van der Waals surface area contributed by atoms with Crippen molar-refractivity contribution in [1.82, 2.24) is 14.8 Å². The highest BCUT2D eigenvalue weighted by Crippen LogP contribution is 2.27. The predicted octanol–water partition coefficient (Wildman–Crippen LogP) is 5.00. The van der Waals surface area contributed by atoms with Crippen LogP contribution in [-0.4, -0.2) is 41.5 Å². The van der Waals surface area contributed by atoms with E-state index in [1.807, 2.05) is 65.5 Å². The summed E-state index contributed by atoms with van der Waals surface area (Å²) in [4.78, 5) is 17.1. The Bertz CT molecular complexity index is 1010. The first-order valence-electron chi connectivity index (χ1n) is 10.4. The second-order valence-electron chi connectivity index (χ2n) is 7.62. The number of nitrogens with zero attached hydrogens (tertiary/aromatic N) is 3. The number of para-hydroxylation sites is 1. The maximum absolute atomic E-state index is 12.1. The minimum Gasteiger partial charge on any atom is -0.494 e. The average Bonchev–Trinajstić information content (AvgIpc) is 3.22. The van der Waals surface area contributed by atoms with Gasteiger partial charge in [-0.25, -0.2) is 9.75 Å². The van der Waals surface area contributed by atoms with Crippen molar-refractivity contribution < 1.29 is 14.4 Å². The van der Waals surface area contributed by atoms with E-state index in [-0.39, 0.29) is 5.91 Å². The smallest absolute Gasteiger partial charge is 0.269 e. The number of hydroxylamine groups is 2. The summed E-state index contributed by atoms with van der Waals surface area (Å²) in [6.07, 6.45) is 6.16. The standard InChI is InChI=1S/C25H29N3O3/c1-19(2)16-17-31-23-13-10-20(11-14-23)25-21(12-15-24(29)27(3)30-4)18-28(26-25)22-8-6-5-7-9-22/h5-15,18-19H,16-17H2,1-4H3/b15-12+. The lowest BCUT2D eigenvalue weighted by molar-refractivity contribution is -0.162. The van der Waals surface area contributed by atoms with Gasteiger partial charge in [-0.15, -0.1) is 0 Å². The molecule has 6 heteroatoms. The number of amides is 1. The lowest BCUT2D eigenvalue weighted by atomic mass is 10.1. The normalized spacial score (nSPS) is 11.3. The number of aromatic nitrogens is 2. The molecule has 1 amide bonds. The molecule has 0 aliphatic heterocycles. The van der Waals surface area contributed by atoms with Crippen LogP contribution >= 0.6 is 0 Å². The fourth-order valence-corrected chi connectivity index (χ4v) is 2.92. The lowest BCUT2D eigenvalue weighted by Gasteiger charge is -2.10. The molecule has 31 heavy (non-hydrogen) atoms. The fraction of sp³-hybridized carbons (Fsp3) is 0.280. The molecule has 0 unspecified atom stereocenters. The zero-order valence-electron chi connectivity index (χ0n) is 18.5. The van der Waals surface area contributed by atoms with Crippen molar-refractivity contribution in [3.8, 4) is 22.7 Å². The van der Waals surface area contributed by atoms with Crippen LogP contribution < -0.4 is 4.74 Å².